The molecule has 7 nitrogen and oxygen atoms in total. The van der Waals surface area contributed by atoms with Gasteiger partial charge in [0.15, 0.2) is 0 Å². The van der Waals surface area contributed by atoms with Crippen LogP contribution in [-0.4, -0.2) is 54.8 Å². The summed E-state index contributed by atoms with van der Waals surface area (Å²) in [6.07, 6.45) is 4.79. The molecule has 124 valence electrons. The van der Waals surface area contributed by atoms with Crippen LogP contribution in [0.2, 0.25) is 0 Å². The van der Waals surface area contributed by atoms with Crippen molar-refractivity contribution in [1.29, 1.82) is 0 Å². The second-order valence-electron chi connectivity index (χ2n) is 5.32. The SMILES string of the molecule is CN(CCNC(=O)c1ccc(-c2cnn(C)c2)cc1)S(C)(=O)=O. The third-order valence-electron chi connectivity index (χ3n) is 3.46. The molecule has 1 N–H and O–H groups in total. The minimum absolute atomic E-state index is 0.232. The smallest absolute Gasteiger partial charge is 0.251 e. The highest BCUT2D eigenvalue weighted by Crippen LogP contribution is 2.18. The summed E-state index contributed by atoms with van der Waals surface area (Å²) in [5, 5.41) is 6.81. The standard InChI is InChI=1S/C15H20N4O3S/c1-18-11-14(10-17-18)12-4-6-13(7-5-12)15(20)16-8-9-19(2)23(3,21)22/h4-7,10-11H,8-9H2,1-3H3,(H,16,20). The van der Waals surface area contributed by atoms with Crippen LogP contribution in [0.5, 0.6) is 0 Å². The first-order chi connectivity index (χ1) is 10.8. The van der Waals surface area contributed by atoms with Gasteiger partial charge in [0.25, 0.3) is 5.91 Å². The van der Waals surface area contributed by atoms with Crippen LogP contribution in [0.3, 0.4) is 0 Å². The van der Waals surface area contributed by atoms with E-state index in [1.165, 1.54) is 11.4 Å². The number of aryl methyl sites for hydroxylation is 1. The number of nitrogens with one attached hydrogen (secondary N) is 1. The lowest BCUT2D eigenvalue weighted by molar-refractivity contribution is 0.0952. The van der Waals surface area contributed by atoms with Gasteiger partial charge < -0.3 is 5.32 Å². The lowest BCUT2D eigenvalue weighted by atomic mass is 10.1. The summed E-state index contributed by atoms with van der Waals surface area (Å²) < 4.78 is 25.4. The molecule has 1 heterocycles. The van der Waals surface area contributed by atoms with Crippen LogP contribution in [-0.2, 0) is 17.1 Å². The van der Waals surface area contributed by atoms with E-state index < -0.39 is 10.0 Å². The maximum Gasteiger partial charge on any atom is 0.251 e. The number of sulfonamides is 1. The van der Waals surface area contributed by atoms with Gasteiger partial charge in [0.2, 0.25) is 10.0 Å². The average Bonchev–Trinajstić information content (AvgIpc) is 2.93. The van der Waals surface area contributed by atoms with Crippen molar-refractivity contribution in [2.75, 3.05) is 26.4 Å². The maximum atomic E-state index is 12.0. The van der Waals surface area contributed by atoms with E-state index in [9.17, 15) is 13.2 Å². The quantitative estimate of drug-likeness (QED) is 0.842. The van der Waals surface area contributed by atoms with E-state index in [4.69, 9.17) is 0 Å². The molecule has 1 amide bonds. The molecule has 2 rings (SSSR count). The summed E-state index contributed by atoms with van der Waals surface area (Å²) in [6, 6.07) is 7.18. The summed E-state index contributed by atoms with van der Waals surface area (Å²) >= 11 is 0. The monoisotopic (exact) mass is 336 g/mol. The molecule has 0 spiro atoms. The molecule has 0 atom stereocenters. The average molecular weight is 336 g/mol. The Labute approximate surface area is 136 Å². The van der Waals surface area contributed by atoms with Crippen LogP contribution in [0.1, 0.15) is 10.4 Å². The number of hydrogen-bond donors (Lipinski definition) is 1. The zero-order valence-corrected chi connectivity index (χ0v) is 14.2. The van der Waals surface area contributed by atoms with Gasteiger partial charge in [-0.1, -0.05) is 12.1 Å². The van der Waals surface area contributed by atoms with Gasteiger partial charge in [-0.3, -0.25) is 9.48 Å². The Balaban J connectivity index is 1.93. The fourth-order valence-electron chi connectivity index (χ4n) is 1.98. The van der Waals surface area contributed by atoms with E-state index in [1.54, 1.807) is 23.0 Å². The van der Waals surface area contributed by atoms with Crippen LogP contribution < -0.4 is 5.32 Å². The molecule has 0 fully saturated rings. The van der Waals surface area contributed by atoms with E-state index in [2.05, 4.69) is 10.4 Å². The second kappa shape index (κ2) is 6.93. The fraction of sp³-hybridized carbons (Fsp3) is 0.333. The van der Waals surface area contributed by atoms with Gasteiger partial charge in [-0.15, -0.1) is 0 Å². The molecule has 0 bridgehead atoms. The molecular formula is C15H20N4O3S. The van der Waals surface area contributed by atoms with Gasteiger partial charge in [-0.2, -0.15) is 5.10 Å². The predicted molar refractivity (Wildman–Crippen MR) is 88.5 cm³/mol. The van der Waals surface area contributed by atoms with Gasteiger partial charge in [0.05, 0.1) is 12.5 Å². The lowest BCUT2D eigenvalue weighted by Crippen LogP contribution is -2.35. The second-order valence-corrected chi connectivity index (χ2v) is 7.41. The van der Waals surface area contributed by atoms with Crippen molar-refractivity contribution in [1.82, 2.24) is 19.4 Å². The zero-order chi connectivity index (χ0) is 17.0. The highest BCUT2D eigenvalue weighted by atomic mass is 32.2. The van der Waals surface area contributed by atoms with Crippen LogP contribution >= 0.6 is 0 Å². The Morgan fingerprint density at radius 3 is 2.43 bits per heavy atom. The Kier molecular flexibility index (Phi) is 5.17. The van der Waals surface area contributed by atoms with Gasteiger partial charge >= 0.3 is 0 Å². The lowest BCUT2D eigenvalue weighted by Gasteiger charge is -2.14. The largest absolute Gasteiger partial charge is 0.351 e. The van der Waals surface area contributed by atoms with Crippen molar-refractivity contribution in [2.45, 2.75) is 0 Å². The molecule has 0 aliphatic carbocycles. The molecule has 2 aromatic rings. The number of rotatable bonds is 6. The summed E-state index contributed by atoms with van der Waals surface area (Å²) in [4.78, 5) is 12.0. The highest BCUT2D eigenvalue weighted by molar-refractivity contribution is 7.88. The Morgan fingerprint density at radius 1 is 1.26 bits per heavy atom. The summed E-state index contributed by atoms with van der Waals surface area (Å²) in [5.41, 5.74) is 2.49. The van der Waals surface area contributed by atoms with Crippen molar-refractivity contribution < 1.29 is 13.2 Å². The number of aromatic nitrogens is 2. The number of hydrogen-bond acceptors (Lipinski definition) is 4. The predicted octanol–water partition coefficient (Wildman–Crippen LogP) is 0.708. The van der Waals surface area contributed by atoms with Gasteiger partial charge in [-0.05, 0) is 17.7 Å². The molecular weight excluding hydrogens is 316 g/mol. The highest BCUT2D eigenvalue weighted by Gasteiger charge is 2.11. The van der Waals surface area contributed by atoms with Crippen LogP contribution in [0, 0.1) is 0 Å². The van der Waals surface area contributed by atoms with Crippen LogP contribution in [0.25, 0.3) is 11.1 Å². The summed E-state index contributed by atoms with van der Waals surface area (Å²) in [6.45, 7) is 0.491. The minimum atomic E-state index is -3.23. The van der Waals surface area contributed by atoms with E-state index in [0.717, 1.165) is 17.4 Å². The van der Waals surface area contributed by atoms with E-state index in [-0.39, 0.29) is 19.0 Å². The Hall–Kier alpha value is -2.19. The van der Waals surface area contributed by atoms with E-state index >= 15 is 0 Å². The number of amides is 1. The molecule has 0 radical (unpaired) electrons. The molecule has 23 heavy (non-hydrogen) atoms. The normalized spacial score (nSPS) is 11.7. The van der Waals surface area contributed by atoms with Crippen molar-refractivity contribution in [2.24, 2.45) is 7.05 Å². The van der Waals surface area contributed by atoms with E-state index in [0.29, 0.717) is 5.56 Å². The number of carbonyl (C=O) groups is 1. The summed E-state index contributed by atoms with van der Waals surface area (Å²) in [7, 11) is 0.0969. The molecule has 1 aromatic carbocycles. The molecule has 8 heteroatoms. The molecule has 0 aliphatic rings. The molecule has 0 saturated carbocycles. The molecule has 0 aliphatic heterocycles. The van der Waals surface area contributed by atoms with Crippen molar-refractivity contribution in [3.05, 3.63) is 42.2 Å². The summed E-state index contributed by atoms with van der Waals surface area (Å²) in [5.74, 6) is -0.232. The first-order valence-electron chi connectivity index (χ1n) is 7.06. The topological polar surface area (TPSA) is 84.3 Å². The molecule has 1 aromatic heterocycles. The van der Waals surface area contributed by atoms with Crippen molar-refractivity contribution >= 4 is 15.9 Å². The van der Waals surface area contributed by atoms with E-state index in [1.807, 2.05) is 25.4 Å². The van der Waals surface area contributed by atoms with Gasteiger partial charge in [0, 0.05) is 44.5 Å². The van der Waals surface area contributed by atoms with Crippen molar-refractivity contribution in [3.63, 3.8) is 0 Å². The first kappa shape index (κ1) is 17.2. The van der Waals surface area contributed by atoms with Gasteiger partial charge in [0.1, 0.15) is 0 Å². The molecule has 0 saturated heterocycles. The Bertz CT molecular complexity index is 781. The zero-order valence-electron chi connectivity index (χ0n) is 13.4. The molecule has 0 unspecified atom stereocenters. The first-order valence-corrected chi connectivity index (χ1v) is 8.91. The fourth-order valence-corrected chi connectivity index (χ4v) is 2.40. The number of nitrogens with zero attached hydrogens (tertiary/aromatic N) is 3. The third kappa shape index (κ3) is 4.64. The maximum absolute atomic E-state index is 12.0. The minimum Gasteiger partial charge on any atom is -0.351 e. The Morgan fingerprint density at radius 2 is 1.91 bits per heavy atom. The van der Waals surface area contributed by atoms with Crippen LogP contribution in [0.4, 0.5) is 0 Å². The number of benzene rings is 1. The van der Waals surface area contributed by atoms with Crippen molar-refractivity contribution in [3.8, 4) is 11.1 Å². The third-order valence-corrected chi connectivity index (χ3v) is 4.78. The number of carbonyl (C=O) groups excluding carboxylic acids is 1. The van der Waals surface area contributed by atoms with Gasteiger partial charge in [-0.25, -0.2) is 12.7 Å². The number of likely N-dealkylation sites (N-methyl/N-ethyl adjacent to an activating group) is 1. The van der Waals surface area contributed by atoms with Crippen LogP contribution in [0.15, 0.2) is 36.7 Å².